The van der Waals surface area contributed by atoms with Gasteiger partial charge in [-0.25, -0.2) is 18.2 Å². The molecule has 146 valence electrons. The molecule has 1 aromatic heterocycles. The molecule has 0 aliphatic heterocycles. The van der Waals surface area contributed by atoms with E-state index in [2.05, 4.69) is 21.2 Å². The third kappa shape index (κ3) is 4.61. The molecule has 1 heterocycles. The molecule has 2 aromatic carbocycles. The number of hydrogen-bond donors (Lipinski definition) is 3. The monoisotopic (exact) mass is 424 g/mol. The first-order valence-corrected chi connectivity index (χ1v) is 10.2. The maximum absolute atomic E-state index is 12.5. The summed E-state index contributed by atoms with van der Waals surface area (Å²) in [7, 11) is -4.65. The first kappa shape index (κ1) is 19.7. The number of hydrogen-bond acceptors (Lipinski definition) is 6. The molecule has 7 nitrogen and oxygen atoms in total. The van der Waals surface area contributed by atoms with Crippen molar-refractivity contribution in [3.63, 3.8) is 0 Å². The van der Waals surface area contributed by atoms with Crippen molar-refractivity contribution in [3.8, 4) is 11.3 Å². The summed E-state index contributed by atoms with van der Waals surface area (Å²) in [6, 6.07) is 13.4. The summed E-state index contributed by atoms with van der Waals surface area (Å²) in [6.45, 7) is 0. The maximum atomic E-state index is 12.5. The van der Waals surface area contributed by atoms with Crippen LogP contribution in [-0.2, 0) is 9.84 Å². The molecule has 0 radical (unpaired) electrons. The molecule has 0 fully saturated rings. The Bertz CT molecular complexity index is 1060. The number of sulfone groups is 1. The lowest BCUT2D eigenvalue weighted by Crippen LogP contribution is -2.33. The third-order valence-corrected chi connectivity index (χ3v) is 5.69. The molecule has 0 aliphatic carbocycles. The van der Waals surface area contributed by atoms with Crippen LogP contribution >= 0.6 is 11.3 Å². The summed E-state index contributed by atoms with van der Waals surface area (Å²) in [6.07, 6.45) is 0. The van der Waals surface area contributed by atoms with E-state index in [1.807, 2.05) is 30.3 Å². The van der Waals surface area contributed by atoms with Crippen LogP contribution in [0.4, 0.5) is 24.4 Å². The minimum atomic E-state index is -4.65. The zero-order valence-electron chi connectivity index (χ0n) is 14.1. The van der Waals surface area contributed by atoms with Gasteiger partial charge in [-0.1, -0.05) is 30.3 Å². The van der Waals surface area contributed by atoms with E-state index < -0.39 is 26.5 Å². The Morgan fingerprint density at radius 1 is 1.04 bits per heavy atom. The lowest BCUT2D eigenvalue weighted by Gasteiger charge is -2.09. The van der Waals surface area contributed by atoms with E-state index >= 15 is 0 Å². The Labute approximate surface area is 163 Å². The van der Waals surface area contributed by atoms with Gasteiger partial charge in [0.2, 0.25) is 9.84 Å². The number of hydrazine groups is 1. The summed E-state index contributed by atoms with van der Waals surface area (Å²) in [5.41, 5.74) is 6.85. The Balaban J connectivity index is 1.56. The van der Waals surface area contributed by atoms with E-state index in [1.165, 1.54) is 23.5 Å². The lowest BCUT2D eigenvalue weighted by molar-refractivity contribution is 0.234. The number of nitrogens with one attached hydrogen (secondary N) is 3. The van der Waals surface area contributed by atoms with Gasteiger partial charge in [0.15, 0.2) is 5.13 Å². The molecule has 28 heavy (non-hydrogen) atoms. The molecule has 0 atom stereocenters. The molecule has 0 aliphatic rings. The zero-order chi connectivity index (χ0) is 20.1. The van der Waals surface area contributed by atoms with Gasteiger partial charge in [0.25, 0.3) is 0 Å². The fourth-order valence-electron chi connectivity index (χ4n) is 2.16. The van der Waals surface area contributed by atoms with Crippen LogP contribution in [-0.4, -0.2) is 25.2 Å². The Morgan fingerprint density at radius 3 is 2.36 bits per heavy atom. The average molecular weight is 424 g/mol. The second-order valence-electron chi connectivity index (χ2n) is 5.44. The highest BCUT2D eigenvalue weighted by atomic mass is 32.2. The predicted molar refractivity (Wildman–Crippen MR) is 103 cm³/mol. The standard InChI is InChI=1S/C17H14F2N4O3S2/c18-15(19)28(25,26)13-8-6-12(7-9-13)22-23-16(24)21-17-20-14(10-27-17)11-4-2-1-3-5-11/h1-10,15,22H,(H2,20,21,23,24). The van der Waals surface area contributed by atoms with Crippen molar-refractivity contribution in [2.75, 3.05) is 10.7 Å². The van der Waals surface area contributed by atoms with E-state index in [-0.39, 0.29) is 0 Å². The van der Waals surface area contributed by atoms with Gasteiger partial charge in [0, 0.05) is 10.9 Å². The average Bonchev–Trinajstić information content (AvgIpc) is 3.15. The fraction of sp³-hybridized carbons (Fsp3) is 0.0588. The summed E-state index contributed by atoms with van der Waals surface area (Å²) in [5, 5.41) is 4.74. The van der Waals surface area contributed by atoms with Gasteiger partial charge in [-0.15, -0.1) is 11.3 Å². The molecule has 0 bridgehead atoms. The number of rotatable bonds is 6. The number of urea groups is 1. The quantitative estimate of drug-likeness (QED) is 0.520. The van der Waals surface area contributed by atoms with Gasteiger partial charge < -0.3 is 0 Å². The highest BCUT2D eigenvalue weighted by molar-refractivity contribution is 7.91. The Kier molecular flexibility index (Phi) is 5.85. The van der Waals surface area contributed by atoms with E-state index in [0.29, 0.717) is 10.8 Å². The second kappa shape index (κ2) is 8.31. The first-order chi connectivity index (χ1) is 13.4. The van der Waals surface area contributed by atoms with Crippen molar-refractivity contribution in [1.82, 2.24) is 10.4 Å². The van der Waals surface area contributed by atoms with Crippen LogP contribution in [0, 0.1) is 0 Å². The number of amides is 2. The van der Waals surface area contributed by atoms with E-state index in [0.717, 1.165) is 23.4 Å². The molecule has 0 unspecified atom stereocenters. The van der Waals surface area contributed by atoms with Gasteiger partial charge in [-0.2, -0.15) is 8.78 Å². The summed E-state index contributed by atoms with van der Waals surface area (Å²) in [4.78, 5) is 15.7. The molecular weight excluding hydrogens is 410 g/mol. The van der Waals surface area contributed by atoms with Gasteiger partial charge in [0.05, 0.1) is 16.3 Å². The van der Waals surface area contributed by atoms with E-state index in [4.69, 9.17) is 0 Å². The van der Waals surface area contributed by atoms with E-state index in [9.17, 15) is 22.0 Å². The molecule has 0 spiro atoms. The molecule has 11 heteroatoms. The van der Waals surface area contributed by atoms with E-state index in [1.54, 1.807) is 5.38 Å². The summed E-state index contributed by atoms with van der Waals surface area (Å²) >= 11 is 1.25. The van der Waals surface area contributed by atoms with Crippen LogP contribution in [0.5, 0.6) is 0 Å². The molecular formula is C17H14F2N4O3S2. The molecule has 3 N–H and O–H groups in total. The van der Waals surface area contributed by atoms with Gasteiger partial charge in [-0.05, 0) is 24.3 Å². The maximum Gasteiger partial charge on any atom is 0.341 e. The molecule has 2 amide bonds. The summed E-state index contributed by atoms with van der Waals surface area (Å²) < 4.78 is 47.7. The molecule has 0 saturated carbocycles. The highest BCUT2D eigenvalue weighted by Gasteiger charge is 2.26. The number of nitrogens with zero attached hydrogens (tertiary/aromatic N) is 1. The smallest absolute Gasteiger partial charge is 0.297 e. The van der Waals surface area contributed by atoms with Gasteiger partial charge >= 0.3 is 11.8 Å². The molecule has 3 rings (SSSR count). The van der Waals surface area contributed by atoms with Crippen LogP contribution < -0.4 is 16.2 Å². The zero-order valence-corrected chi connectivity index (χ0v) is 15.7. The van der Waals surface area contributed by atoms with Crippen molar-refractivity contribution in [2.24, 2.45) is 0 Å². The van der Waals surface area contributed by atoms with Gasteiger partial charge in [-0.3, -0.25) is 16.2 Å². The second-order valence-corrected chi connectivity index (χ2v) is 8.21. The lowest BCUT2D eigenvalue weighted by atomic mass is 10.2. The van der Waals surface area contributed by atoms with Gasteiger partial charge in [0.1, 0.15) is 0 Å². The number of halogens is 2. The van der Waals surface area contributed by atoms with Crippen LogP contribution in [0.1, 0.15) is 0 Å². The summed E-state index contributed by atoms with van der Waals surface area (Å²) in [5.74, 6) is -3.49. The number of benzene rings is 2. The third-order valence-electron chi connectivity index (χ3n) is 3.53. The van der Waals surface area contributed by atoms with Crippen molar-refractivity contribution in [3.05, 3.63) is 60.0 Å². The minimum absolute atomic E-state index is 0.312. The van der Waals surface area contributed by atoms with Crippen LogP contribution in [0.25, 0.3) is 11.3 Å². The van der Waals surface area contributed by atoms with Crippen molar-refractivity contribution in [2.45, 2.75) is 10.7 Å². The normalized spacial score (nSPS) is 11.2. The Morgan fingerprint density at radius 2 is 1.71 bits per heavy atom. The minimum Gasteiger partial charge on any atom is -0.297 e. The number of carbonyl (C=O) groups excluding carboxylic acids is 1. The van der Waals surface area contributed by atoms with Crippen LogP contribution in [0.15, 0.2) is 64.9 Å². The largest absolute Gasteiger partial charge is 0.341 e. The predicted octanol–water partition coefficient (Wildman–Crippen LogP) is 3.96. The fourth-order valence-corrected chi connectivity index (χ4v) is 3.60. The number of alkyl halides is 2. The topological polar surface area (TPSA) is 100 Å². The van der Waals surface area contributed by atoms with Crippen molar-refractivity contribution in [1.29, 1.82) is 0 Å². The SMILES string of the molecule is O=C(NNc1ccc(S(=O)(=O)C(F)F)cc1)Nc1nc(-c2ccccc2)cs1. The number of thiazole rings is 1. The Hall–Kier alpha value is -3.05. The van der Waals surface area contributed by atoms with Crippen LogP contribution in [0.3, 0.4) is 0 Å². The van der Waals surface area contributed by atoms with Crippen molar-refractivity contribution < 1.29 is 22.0 Å². The number of carbonyl (C=O) groups is 1. The first-order valence-electron chi connectivity index (χ1n) is 7.82. The highest BCUT2D eigenvalue weighted by Crippen LogP contribution is 2.24. The van der Waals surface area contributed by atoms with Crippen LogP contribution in [0.2, 0.25) is 0 Å². The van der Waals surface area contributed by atoms with Crippen molar-refractivity contribution >= 4 is 38.0 Å². The molecule has 3 aromatic rings. The number of anilines is 2. The molecule has 0 saturated heterocycles. The number of aromatic nitrogens is 1.